The van der Waals surface area contributed by atoms with Gasteiger partial charge >= 0.3 is 0 Å². The highest BCUT2D eigenvalue weighted by Crippen LogP contribution is 2.04. The fraction of sp³-hybridized carbons (Fsp3) is 0. The summed E-state index contributed by atoms with van der Waals surface area (Å²) in [6.07, 6.45) is 3.14. The molecule has 1 aromatic rings. The van der Waals surface area contributed by atoms with Crippen molar-refractivity contribution in [1.29, 1.82) is 0 Å². The molecule has 0 aliphatic rings. The zero-order valence-corrected chi connectivity index (χ0v) is 5.55. The van der Waals surface area contributed by atoms with Crippen LogP contribution in [0.1, 0.15) is 0 Å². The minimum absolute atomic E-state index is 0.889. The van der Waals surface area contributed by atoms with E-state index in [1.54, 1.807) is 6.20 Å². The molecule has 3 nitrogen and oxygen atoms in total. The summed E-state index contributed by atoms with van der Waals surface area (Å²) >= 11 is 2.00. The van der Waals surface area contributed by atoms with Crippen LogP contribution in [0, 0.1) is 0 Å². The van der Waals surface area contributed by atoms with Crippen LogP contribution in [0.4, 0.5) is 5.69 Å². The van der Waals surface area contributed by atoms with E-state index in [1.165, 1.54) is 6.26 Å². The highest BCUT2D eigenvalue weighted by molar-refractivity contribution is 14.1. The molecule has 0 saturated carbocycles. The predicted octanol–water partition coefficient (Wildman–Crippen LogP) is 1.44. The second-order valence-corrected chi connectivity index (χ2v) is 1.55. The van der Waals surface area contributed by atoms with E-state index < -0.39 is 0 Å². The first-order valence-corrected chi connectivity index (χ1v) is 2.77. The summed E-state index contributed by atoms with van der Waals surface area (Å²) in [6, 6.07) is 0. The van der Waals surface area contributed by atoms with Gasteiger partial charge in [0.2, 0.25) is 0 Å². The topological polar surface area (TPSA) is 38.1 Å². The lowest BCUT2D eigenvalue weighted by Gasteiger charge is -1.79. The number of nitrogens with zero attached hydrogens (tertiary/aromatic N) is 1. The van der Waals surface area contributed by atoms with Gasteiger partial charge in [0.1, 0.15) is 12.0 Å². The average Bonchev–Trinajstić information content (AvgIpc) is 2.14. The van der Waals surface area contributed by atoms with Gasteiger partial charge < -0.3 is 8.05 Å². The van der Waals surface area contributed by atoms with E-state index in [-0.39, 0.29) is 0 Å². The van der Waals surface area contributed by atoms with Crippen LogP contribution in [-0.2, 0) is 0 Å². The first kappa shape index (κ1) is 4.89. The summed E-state index contributed by atoms with van der Waals surface area (Å²) in [5, 5.41) is 3.45. The SMILES string of the molecule is INc1cnoc1. The fourth-order valence-electron chi connectivity index (χ4n) is 0.252. The third kappa shape index (κ3) is 1.05. The molecule has 0 aromatic carbocycles. The Morgan fingerprint density at radius 3 is 3.00 bits per heavy atom. The lowest BCUT2D eigenvalue weighted by Crippen LogP contribution is -1.68. The maximum atomic E-state index is 4.49. The van der Waals surface area contributed by atoms with E-state index in [2.05, 4.69) is 13.2 Å². The van der Waals surface area contributed by atoms with E-state index in [1.807, 2.05) is 22.9 Å². The van der Waals surface area contributed by atoms with Gasteiger partial charge in [-0.3, -0.25) is 0 Å². The Balaban J connectivity index is 2.76. The minimum Gasteiger partial charge on any atom is -0.362 e. The molecule has 0 spiro atoms. The Bertz CT molecular complexity index is 127. The van der Waals surface area contributed by atoms with E-state index in [0.29, 0.717) is 0 Å². The van der Waals surface area contributed by atoms with Crippen LogP contribution in [0.15, 0.2) is 17.0 Å². The summed E-state index contributed by atoms with van der Waals surface area (Å²) in [5.74, 6) is 0. The number of anilines is 1. The molecule has 38 valence electrons. The smallest absolute Gasteiger partial charge is 0.147 e. The summed E-state index contributed by atoms with van der Waals surface area (Å²) in [7, 11) is 0. The summed E-state index contributed by atoms with van der Waals surface area (Å²) in [5.41, 5.74) is 0.889. The van der Waals surface area contributed by atoms with E-state index in [4.69, 9.17) is 0 Å². The second-order valence-electron chi connectivity index (χ2n) is 1.01. The molecule has 0 aliphatic carbocycles. The lowest BCUT2D eigenvalue weighted by atomic mass is 10.6. The van der Waals surface area contributed by atoms with Crippen LogP contribution >= 0.6 is 22.9 Å². The highest BCUT2D eigenvalue weighted by atomic mass is 127. The second kappa shape index (κ2) is 2.15. The van der Waals surface area contributed by atoms with Crippen molar-refractivity contribution in [3.63, 3.8) is 0 Å². The third-order valence-corrected chi connectivity index (χ3v) is 1.16. The molecule has 1 N–H and O–H groups in total. The van der Waals surface area contributed by atoms with Crippen molar-refractivity contribution in [2.75, 3.05) is 3.53 Å². The number of halogens is 1. The number of rotatable bonds is 1. The van der Waals surface area contributed by atoms with Gasteiger partial charge in [-0.25, -0.2) is 0 Å². The molecular formula is C3H3IN2O. The molecule has 0 unspecified atom stereocenters. The van der Waals surface area contributed by atoms with Crippen LogP contribution in [0.3, 0.4) is 0 Å². The molecular weight excluding hydrogens is 207 g/mol. The first-order chi connectivity index (χ1) is 3.43. The molecule has 0 aliphatic heterocycles. The van der Waals surface area contributed by atoms with Crippen LogP contribution < -0.4 is 3.53 Å². The zero-order chi connectivity index (χ0) is 5.11. The third-order valence-electron chi connectivity index (χ3n) is 0.541. The predicted molar refractivity (Wildman–Crippen MR) is 34.1 cm³/mol. The van der Waals surface area contributed by atoms with Gasteiger partial charge in [-0.15, -0.1) is 0 Å². The standard InChI is InChI=1S/C3H3IN2O/c4-6-3-1-5-7-2-3/h1-2,6H. The van der Waals surface area contributed by atoms with Crippen LogP contribution in [-0.4, -0.2) is 5.16 Å². The van der Waals surface area contributed by atoms with E-state index >= 15 is 0 Å². The van der Waals surface area contributed by atoms with Crippen molar-refractivity contribution in [2.24, 2.45) is 0 Å². The number of hydrogen-bond donors (Lipinski definition) is 1. The minimum atomic E-state index is 0.889. The Morgan fingerprint density at radius 1 is 1.86 bits per heavy atom. The Hall–Kier alpha value is -0.260. The number of aromatic nitrogens is 1. The lowest BCUT2D eigenvalue weighted by molar-refractivity contribution is 0.420. The molecule has 0 amide bonds. The van der Waals surface area contributed by atoms with Gasteiger partial charge in [-0.05, 0) is 0 Å². The Morgan fingerprint density at radius 2 is 2.71 bits per heavy atom. The molecule has 0 radical (unpaired) electrons. The highest BCUT2D eigenvalue weighted by Gasteiger charge is 1.85. The zero-order valence-electron chi connectivity index (χ0n) is 3.39. The molecule has 1 heterocycles. The molecule has 0 saturated heterocycles. The summed E-state index contributed by atoms with van der Waals surface area (Å²) in [4.78, 5) is 0. The molecule has 0 bridgehead atoms. The average molecular weight is 210 g/mol. The van der Waals surface area contributed by atoms with Crippen LogP contribution in [0.2, 0.25) is 0 Å². The van der Waals surface area contributed by atoms with Gasteiger partial charge in [-0.2, -0.15) is 0 Å². The van der Waals surface area contributed by atoms with Crippen molar-refractivity contribution in [3.8, 4) is 0 Å². The quantitative estimate of drug-likeness (QED) is 0.562. The van der Waals surface area contributed by atoms with Gasteiger partial charge in [0.15, 0.2) is 0 Å². The fourth-order valence-corrected chi connectivity index (χ4v) is 0.518. The number of hydrogen-bond acceptors (Lipinski definition) is 3. The normalized spacial score (nSPS) is 8.71. The van der Waals surface area contributed by atoms with E-state index in [0.717, 1.165) is 5.69 Å². The van der Waals surface area contributed by atoms with Crippen molar-refractivity contribution in [3.05, 3.63) is 12.5 Å². The maximum Gasteiger partial charge on any atom is 0.147 e. The molecule has 1 rings (SSSR count). The Kier molecular flexibility index (Phi) is 1.50. The van der Waals surface area contributed by atoms with Gasteiger partial charge in [0, 0.05) is 0 Å². The monoisotopic (exact) mass is 210 g/mol. The molecule has 0 atom stereocenters. The molecule has 0 fully saturated rings. The van der Waals surface area contributed by atoms with Crippen molar-refractivity contribution >= 4 is 28.6 Å². The molecule has 4 heteroatoms. The van der Waals surface area contributed by atoms with Crippen molar-refractivity contribution in [2.45, 2.75) is 0 Å². The number of nitrogens with one attached hydrogen (secondary N) is 1. The van der Waals surface area contributed by atoms with Gasteiger partial charge in [0.05, 0.1) is 29.1 Å². The Labute approximate surface area is 54.6 Å². The van der Waals surface area contributed by atoms with Gasteiger partial charge in [0.25, 0.3) is 0 Å². The maximum absolute atomic E-state index is 4.49. The van der Waals surface area contributed by atoms with Crippen molar-refractivity contribution in [1.82, 2.24) is 5.16 Å². The van der Waals surface area contributed by atoms with Gasteiger partial charge in [-0.1, -0.05) is 5.16 Å². The van der Waals surface area contributed by atoms with Crippen molar-refractivity contribution < 1.29 is 4.52 Å². The van der Waals surface area contributed by atoms with Crippen LogP contribution in [0.5, 0.6) is 0 Å². The van der Waals surface area contributed by atoms with E-state index in [9.17, 15) is 0 Å². The largest absolute Gasteiger partial charge is 0.362 e. The van der Waals surface area contributed by atoms with Crippen LogP contribution in [0.25, 0.3) is 0 Å². The molecule has 1 aromatic heterocycles. The summed E-state index contributed by atoms with van der Waals surface area (Å²) in [6.45, 7) is 0. The summed E-state index contributed by atoms with van der Waals surface area (Å²) < 4.78 is 7.31. The first-order valence-electron chi connectivity index (χ1n) is 1.69. The molecule has 7 heavy (non-hydrogen) atoms.